The van der Waals surface area contributed by atoms with E-state index in [0.717, 1.165) is 55.0 Å². The van der Waals surface area contributed by atoms with Gasteiger partial charge in [-0.3, -0.25) is 4.21 Å². The average Bonchev–Trinajstić information content (AvgIpc) is 3.49. The Kier molecular flexibility index (Phi) is 6.20. The normalized spacial score (nSPS) is 21.3. The van der Waals surface area contributed by atoms with Crippen LogP contribution >= 0.6 is 11.3 Å². The Morgan fingerprint density at radius 1 is 1.18 bits per heavy atom. The second kappa shape index (κ2) is 9.12. The van der Waals surface area contributed by atoms with Gasteiger partial charge in [0.15, 0.2) is 10.2 Å². The summed E-state index contributed by atoms with van der Waals surface area (Å²) in [5.74, 6) is 1.50. The SMILES string of the molecule is Cc1csc(S(=O)C2(c3cc(N4CCOC[C@@H]4C)nc(-c4ccc(N)cc4)n3)CCCC2)n1. The van der Waals surface area contributed by atoms with Crippen molar-refractivity contribution in [2.75, 3.05) is 30.4 Å². The Balaban J connectivity index is 1.66. The standard InChI is InChI=1S/C24H29N5O2S2/c1-16-15-32-23(26-16)33(30)24(9-3-4-10-24)20-13-21(29-11-12-31-14-17(29)2)28-22(27-20)18-5-7-19(25)8-6-18/h5-8,13,15,17H,3-4,9-12,14,25H2,1-2H3/t17-,33?/m0/s1. The zero-order valence-electron chi connectivity index (χ0n) is 19.0. The number of rotatable bonds is 5. The molecule has 1 saturated heterocycles. The summed E-state index contributed by atoms with van der Waals surface area (Å²) in [7, 11) is -1.28. The summed E-state index contributed by atoms with van der Waals surface area (Å²) >= 11 is 1.48. The van der Waals surface area contributed by atoms with E-state index in [4.69, 9.17) is 20.4 Å². The quantitative estimate of drug-likeness (QED) is 0.541. The third kappa shape index (κ3) is 4.29. The number of anilines is 2. The third-order valence-electron chi connectivity index (χ3n) is 6.53. The van der Waals surface area contributed by atoms with Crippen molar-refractivity contribution in [3.8, 4) is 11.4 Å². The number of nitrogens with zero attached hydrogens (tertiary/aromatic N) is 4. The highest BCUT2D eigenvalue weighted by atomic mass is 32.2. The summed E-state index contributed by atoms with van der Waals surface area (Å²) in [6.45, 7) is 6.18. The van der Waals surface area contributed by atoms with Crippen molar-refractivity contribution < 1.29 is 8.95 Å². The molecule has 174 valence electrons. The molecule has 0 bridgehead atoms. The number of aromatic nitrogens is 3. The lowest BCUT2D eigenvalue weighted by Crippen LogP contribution is -2.44. The molecule has 1 aromatic carbocycles. The van der Waals surface area contributed by atoms with Crippen molar-refractivity contribution in [3.05, 3.63) is 47.1 Å². The Morgan fingerprint density at radius 2 is 1.94 bits per heavy atom. The fraction of sp³-hybridized carbons (Fsp3) is 0.458. The number of benzene rings is 1. The number of hydrogen-bond acceptors (Lipinski definition) is 8. The van der Waals surface area contributed by atoms with E-state index >= 15 is 0 Å². The molecule has 0 amide bonds. The van der Waals surface area contributed by atoms with E-state index in [1.165, 1.54) is 11.3 Å². The fourth-order valence-electron chi connectivity index (χ4n) is 4.71. The van der Waals surface area contributed by atoms with Crippen LogP contribution in [0, 0.1) is 6.92 Å². The Hall–Kier alpha value is -2.36. The van der Waals surface area contributed by atoms with Gasteiger partial charge in [0, 0.05) is 34.9 Å². The van der Waals surface area contributed by atoms with Gasteiger partial charge in [-0.05, 0) is 51.0 Å². The molecule has 3 aromatic rings. The van der Waals surface area contributed by atoms with Crippen molar-refractivity contribution in [2.45, 2.75) is 54.7 Å². The summed E-state index contributed by atoms with van der Waals surface area (Å²) < 4.78 is 19.8. The van der Waals surface area contributed by atoms with Gasteiger partial charge in [0.1, 0.15) is 5.82 Å². The average molecular weight is 484 g/mol. The maximum atomic E-state index is 14.0. The smallest absolute Gasteiger partial charge is 0.181 e. The number of ether oxygens (including phenoxy) is 1. The summed E-state index contributed by atoms with van der Waals surface area (Å²) in [4.78, 5) is 16.8. The minimum absolute atomic E-state index is 0.201. The highest BCUT2D eigenvalue weighted by molar-refractivity contribution is 7.88. The number of nitrogen functional groups attached to an aromatic ring is 1. The Labute approximate surface area is 200 Å². The van der Waals surface area contributed by atoms with Gasteiger partial charge in [-0.2, -0.15) is 0 Å². The fourth-order valence-corrected chi connectivity index (χ4v) is 7.72. The van der Waals surface area contributed by atoms with Gasteiger partial charge in [0.2, 0.25) is 0 Å². The van der Waals surface area contributed by atoms with Crippen molar-refractivity contribution in [2.24, 2.45) is 0 Å². The molecule has 2 N–H and O–H groups in total. The molecule has 0 spiro atoms. The summed E-state index contributed by atoms with van der Waals surface area (Å²) in [5.41, 5.74) is 9.27. The Bertz CT molecular complexity index is 1160. The third-order valence-corrected chi connectivity index (χ3v) is 9.76. The van der Waals surface area contributed by atoms with E-state index < -0.39 is 15.5 Å². The van der Waals surface area contributed by atoms with Crippen molar-refractivity contribution in [1.29, 1.82) is 0 Å². The van der Waals surface area contributed by atoms with Gasteiger partial charge in [-0.25, -0.2) is 15.0 Å². The van der Waals surface area contributed by atoms with Crippen LogP contribution in [-0.4, -0.2) is 45.0 Å². The lowest BCUT2D eigenvalue weighted by molar-refractivity contribution is 0.0985. The van der Waals surface area contributed by atoms with Crippen LogP contribution in [0.2, 0.25) is 0 Å². The summed E-state index contributed by atoms with van der Waals surface area (Å²) in [6.07, 6.45) is 3.71. The monoisotopic (exact) mass is 483 g/mol. The molecule has 1 unspecified atom stereocenters. The second-order valence-electron chi connectivity index (χ2n) is 8.90. The summed E-state index contributed by atoms with van der Waals surface area (Å²) in [5, 5.41) is 1.97. The van der Waals surface area contributed by atoms with Gasteiger partial charge in [0.25, 0.3) is 0 Å². The van der Waals surface area contributed by atoms with Gasteiger partial charge in [0.05, 0.1) is 40.5 Å². The molecule has 1 saturated carbocycles. The van der Waals surface area contributed by atoms with Crippen LogP contribution in [-0.2, 0) is 20.3 Å². The molecule has 1 aliphatic carbocycles. The van der Waals surface area contributed by atoms with E-state index in [2.05, 4.69) is 22.9 Å². The first kappa shape index (κ1) is 22.4. The van der Waals surface area contributed by atoms with Crippen molar-refractivity contribution in [1.82, 2.24) is 15.0 Å². The molecule has 9 heteroatoms. The maximum absolute atomic E-state index is 14.0. The molecule has 2 fully saturated rings. The highest BCUT2D eigenvalue weighted by Gasteiger charge is 2.45. The molecule has 5 rings (SSSR count). The van der Waals surface area contributed by atoms with Gasteiger partial charge >= 0.3 is 0 Å². The lowest BCUT2D eigenvalue weighted by atomic mass is 10.0. The molecule has 1 aliphatic heterocycles. The van der Waals surface area contributed by atoms with Crippen LogP contribution in [0.3, 0.4) is 0 Å². The molecular formula is C24H29N5O2S2. The van der Waals surface area contributed by atoms with Crippen LogP contribution in [0.25, 0.3) is 11.4 Å². The van der Waals surface area contributed by atoms with E-state index in [9.17, 15) is 4.21 Å². The second-order valence-corrected chi connectivity index (χ2v) is 11.7. The molecule has 0 radical (unpaired) electrons. The molecule has 3 heterocycles. The van der Waals surface area contributed by atoms with Gasteiger partial charge in [-0.15, -0.1) is 11.3 Å². The van der Waals surface area contributed by atoms with E-state index in [1.54, 1.807) is 0 Å². The topological polar surface area (TPSA) is 94.2 Å². The minimum atomic E-state index is -1.28. The predicted molar refractivity (Wildman–Crippen MR) is 133 cm³/mol. The van der Waals surface area contributed by atoms with Gasteiger partial charge < -0.3 is 15.4 Å². The Morgan fingerprint density at radius 3 is 2.61 bits per heavy atom. The van der Waals surface area contributed by atoms with E-state index in [-0.39, 0.29) is 6.04 Å². The molecule has 33 heavy (non-hydrogen) atoms. The van der Waals surface area contributed by atoms with Crippen LogP contribution < -0.4 is 10.6 Å². The zero-order chi connectivity index (χ0) is 23.0. The van der Waals surface area contributed by atoms with Gasteiger partial charge in [-0.1, -0.05) is 12.8 Å². The first-order chi connectivity index (χ1) is 16.0. The zero-order valence-corrected chi connectivity index (χ0v) is 20.6. The molecule has 2 atom stereocenters. The largest absolute Gasteiger partial charge is 0.399 e. The predicted octanol–water partition coefficient (Wildman–Crippen LogP) is 4.29. The van der Waals surface area contributed by atoms with Crippen LogP contribution in [0.5, 0.6) is 0 Å². The number of hydrogen-bond donors (Lipinski definition) is 1. The highest BCUT2D eigenvalue weighted by Crippen LogP contribution is 2.47. The molecule has 2 aliphatic rings. The number of thiazole rings is 1. The first-order valence-corrected chi connectivity index (χ1v) is 13.4. The lowest BCUT2D eigenvalue weighted by Gasteiger charge is -2.35. The first-order valence-electron chi connectivity index (χ1n) is 11.4. The minimum Gasteiger partial charge on any atom is -0.399 e. The van der Waals surface area contributed by atoms with Crippen LogP contribution in [0.4, 0.5) is 11.5 Å². The maximum Gasteiger partial charge on any atom is 0.181 e. The van der Waals surface area contributed by atoms with Crippen LogP contribution in [0.15, 0.2) is 40.1 Å². The summed E-state index contributed by atoms with van der Waals surface area (Å²) in [6, 6.07) is 9.89. The van der Waals surface area contributed by atoms with Crippen molar-refractivity contribution >= 4 is 33.6 Å². The van der Waals surface area contributed by atoms with Crippen molar-refractivity contribution in [3.63, 3.8) is 0 Å². The number of aryl methyl sites for hydroxylation is 1. The van der Waals surface area contributed by atoms with E-state index in [0.29, 0.717) is 29.1 Å². The number of morpholine rings is 1. The molecule has 7 nitrogen and oxygen atoms in total. The molecular weight excluding hydrogens is 454 g/mol. The van der Waals surface area contributed by atoms with E-state index in [1.807, 2.05) is 36.6 Å². The van der Waals surface area contributed by atoms with Crippen LogP contribution in [0.1, 0.15) is 44.0 Å². The number of nitrogens with two attached hydrogens (primary N) is 1. The molecule has 2 aromatic heterocycles.